The molecule has 0 aliphatic carbocycles. The molecule has 1 aliphatic rings. The Morgan fingerprint density at radius 2 is 1.79 bits per heavy atom. The molecule has 4 nitrogen and oxygen atoms in total. The van der Waals surface area contributed by atoms with E-state index in [9.17, 15) is 9.59 Å². The van der Waals surface area contributed by atoms with Crippen LogP contribution in [0.1, 0.15) is 27.7 Å². The van der Waals surface area contributed by atoms with Crippen molar-refractivity contribution in [2.24, 2.45) is 5.73 Å². The maximum atomic E-state index is 11.9. The molecule has 1 aliphatic heterocycles. The number of ether oxygens (including phenoxy) is 1. The summed E-state index contributed by atoms with van der Waals surface area (Å²) in [5.74, 6) is -1.04. The Bertz CT molecular complexity index is 311. The summed E-state index contributed by atoms with van der Waals surface area (Å²) in [5, 5.41) is 0. The highest BCUT2D eigenvalue weighted by Gasteiger charge is 2.66. The van der Waals surface area contributed by atoms with Crippen molar-refractivity contribution in [2.75, 3.05) is 0 Å². The van der Waals surface area contributed by atoms with E-state index in [2.05, 4.69) is 15.9 Å². The fraction of sp³-hybridized carbons (Fsp3) is 0.778. The lowest BCUT2D eigenvalue weighted by atomic mass is 9.85. The Hall–Kier alpha value is -0.420. The normalized spacial score (nSPS) is 34.5. The number of Topliss-reactive ketones (excluding diaryl/α,β-unsaturated/α-hetero) is 1. The Kier molecular flexibility index (Phi) is 2.32. The zero-order valence-electron chi connectivity index (χ0n) is 8.68. The summed E-state index contributed by atoms with van der Waals surface area (Å²) in [6, 6.07) is 0. The third-order valence-electron chi connectivity index (χ3n) is 2.54. The molecule has 0 bridgehead atoms. The molecule has 0 spiro atoms. The number of rotatable bonds is 1. The second-order valence-corrected chi connectivity index (χ2v) is 5.66. The molecule has 2 N–H and O–H groups in total. The number of ketones is 1. The molecule has 1 saturated heterocycles. The first-order chi connectivity index (χ1) is 6.06. The first-order valence-electron chi connectivity index (χ1n) is 4.29. The molecule has 5 heteroatoms. The van der Waals surface area contributed by atoms with Crippen LogP contribution < -0.4 is 5.73 Å². The monoisotopic (exact) mass is 263 g/mol. The molecule has 1 unspecified atom stereocenters. The van der Waals surface area contributed by atoms with Crippen molar-refractivity contribution >= 4 is 27.6 Å². The van der Waals surface area contributed by atoms with Crippen molar-refractivity contribution in [1.82, 2.24) is 0 Å². The molecule has 1 amide bonds. The lowest BCUT2D eigenvalue weighted by Gasteiger charge is -2.29. The zero-order valence-corrected chi connectivity index (χ0v) is 10.3. The van der Waals surface area contributed by atoms with Gasteiger partial charge in [-0.3, -0.25) is 9.59 Å². The van der Waals surface area contributed by atoms with Crippen LogP contribution >= 0.6 is 15.9 Å². The van der Waals surface area contributed by atoms with Crippen molar-refractivity contribution in [3.8, 4) is 0 Å². The molecule has 80 valence electrons. The molecule has 14 heavy (non-hydrogen) atoms. The Morgan fingerprint density at radius 1 is 1.36 bits per heavy atom. The van der Waals surface area contributed by atoms with Crippen LogP contribution in [0.4, 0.5) is 0 Å². The summed E-state index contributed by atoms with van der Waals surface area (Å²) in [6.07, 6.45) is 0. The smallest absolute Gasteiger partial charge is 0.245 e. The van der Waals surface area contributed by atoms with Crippen LogP contribution in [0.2, 0.25) is 0 Å². The largest absolute Gasteiger partial charge is 0.368 e. The number of hydrogen-bond acceptors (Lipinski definition) is 3. The minimum Gasteiger partial charge on any atom is -0.368 e. The number of carbonyl (C=O) groups is 2. The van der Waals surface area contributed by atoms with Crippen LogP contribution in [-0.4, -0.2) is 27.2 Å². The predicted octanol–water partition coefficient (Wildman–Crippen LogP) is 0.762. The third kappa shape index (κ3) is 1.22. The van der Waals surface area contributed by atoms with Gasteiger partial charge in [-0.1, -0.05) is 15.9 Å². The molecule has 1 fully saturated rings. The second kappa shape index (κ2) is 2.79. The fourth-order valence-electron chi connectivity index (χ4n) is 1.85. The molecule has 0 aromatic heterocycles. The van der Waals surface area contributed by atoms with Gasteiger partial charge in [0.1, 0.15) is 5.60 Å². The van der Waals surface area contributed by atoms with E-state index in [1.165, 1.54) is 0 Å². The lowest BCUT2D eigenvalue weighted by molar-refractivity contribution is -0.133. The average molecular weight is 264 g/mol. The van der Waals surface area contributed by atoms with Crippen molar-refractivity contribution < 1.29 is 14.3 Å². The molecule has 1 atom stereocenters. The molecular weight excluding hydrogens is 250 g/mol. The van der Waals surface area contributed by atoms with Crippen LogP contribution in [-0.2, 0) is 14.3 Å². The first-order valence-corrected chi connectivity index (χ1v) is 5.09. The second-order valence-electron chi connectivity index (χ2n) is 4.47. The van der Waals surface area contributed by atoms with Gasteiger partial charge in [-0.25, -0.2) is 0 Å². The summed E-state index contributed by atoms with van der Waals surface area (Å²) >= 11 is 3.12. The maximum absolute atomic E-state index is 11.9. The minimum absolute atomic E-state index is 0.331. The van der Waals surface area contributed by atoms with E-state index in [1.54, 1.807) is 27.7 Å². The summed E-state index contributed by atoms with van der Waals surface area (Å²) in [4.78, 5) is 23.2. The van der Waals surface area contributed by atoms with Gasteiger partial charge in [-0.15, -0.1) is 0 Å². The van der Waals surface area contributed by atoms with Gasteiger partial charge >= 0.3 is 0 Å². The van der Waals surface area contributed by atoms with E-state index in [0.717, 1.165) is 0 Å². The average Bonchev–Trinajstić information content (AvgIpc) is 2.08. The van der Waals surface area contributed by atoms with Crippen LogP contribution in [0.15, 0.2) is 0 Å². The van der Waals surface area contributed by atoms with Gasteiger partial charge in [0.2, 0.25) is 5.91 Å². The standard InChI is InChI=1S/C9H14BrNO3/c1-7(2)5(12)9(10,6(11)13)8(3,4)14-7/h1-4H3,(H2,11,13). The number of carbonyl (C=O) groups excluding carboxylic acids is 2. The minimum atomic E-state index is -1.43. The summed E-state index contributed by atoms with van der Waals surface area (Å²) in [7, 11) is 0. The van der Waals surface area contributed by atoms with E-state index >= 15 is 0 Å². The van der Waals surface area contributed by atoms with Crippen molar-refractivity contribution in [1.29, 1.82) is 0 Å². The van der Waals surface area contributed by atoms with Gasteiger partial charge in [-0.2, -0.15) is 0 Å². The molecule has 0 aromatic carbocycles. The van der Waals surface area contributed by atoms with Gasteiger partial charge in [0.25, 0.3) is 0 Å². The Morgan fingerprint density at radius 3 is 1.93 bits per heavy atom. The van der Waals surface area contributed by atoms with E-state index < -0.39 is 21.4 Å². The highest BCUT2D eigenvalue weighted by molar-refractivity contribution is 9.10. The summed E-state index contributed by atoms with van der Waals surface area (Å²) in [6.45, 7) is 6.59. The SMILES string of the molecule is CC1(C)OC(C)(C)C(Br)(C(N)=O)C1=O. The number of hydrogen-bond donors (Lipinski definition) is 1. The summed E-state index contributed by atoms with van der Waals surface area (Å²) in [5.41, 5.74) is 3.32. The zero-order chi connectivity index (χ0) is 11.4. The highest BCUT2D eigenvalue weighted by Crippen LogP contribution is 2.47. The third-order valence-corrected chi connectivity index (χ3v) is 4.24. The van der Waals surface area contributed by atoms with Crippen molar-refractivity contribution in [3.05, 3.63) is 0 Å². The molecular formula is C9H14BrNO3. The predicted molar refractivity (Wildman–Crippen MR) is 55.1 cm³/mol. The van der Waals surface area contributed by atoms with Crippen molar-refractivity contribution in [2.45, 2.75) is 43.2 Å². The van der Waals surface area contributed by atoms with Gasteiger partial charge < -0.3 is 10.5 Å². The van der Waals surface area contributed by atoms with Crippen LogP contribution in [0.5, 0.6) is 0 Å². The maximum Gasteiger partial charge on any atom is 0.245 e. The molecule has 1 heterocycles. The van der Waals surface area contributed by atoms with Crippen molar-refractivity contribution in [3.63, 3.8) is 0 Å². The number of primary amides is 1. The van der Waals surface area contributed by atoms with E-state index in [0.29, 0.717) is 0 Å². The van der Waals surface area contributed by atoms with Gasteiger partial charge in [0, 0.05) is 0 Å². The summed E-state index contributed by atoms with van der Waals surface area (Å²) < 4.78 is 4.10. The number of alkyl halides is 1. The van der Waals surface area contributed by atoms with E-state index in [-0.39, 0.29) is 5.78 Å². The topological polar surface area (TPSA) is 69.4 Å². The molecule has 0 aromatic rings. The Balaban J connectivity index is 3.32. The van der Waals surface area contributed by atoms with E-state index in [4.69, 9.17) is 10.5 Å². The molecule has 1 rings (SSSR count). The number of halogens is 1. The molecule has 0 radical (unpaired) electrons. The van der Waals surface area contributed by atoms with Crippen LogP contribution in [0, 0.1) is 0 Å². The number of amides is 1. The van der Waals surface area contributed by atoms with Crippen LogP contribution in [0.3, 0.4) is 0 Å². The number of nitrogens with two attached hydrogens (primary N) is 1. The van der Waals surface area contributed by atoms with E-state index in [1.807, 2.05) is 0 Å². The Labute approximate surface area is 91.3 Å². The first kappa shape index (κ1) is 11.7. The molecule has 0 saturated carbocycles. The quantitative estimate of drug-likeness (QED) is 0.561. The lowest BCUT2D eigenvalue weighted by Crippen LogP contribution is -2.55. The van der Waals surface area contributed by atoms with Gasteiger partial charge in [-0.05, 0) is 27.7 Å². The van der Waals surface area contributed by atoms with Crippen LogP contribution in [0.25, 0.3) is 0 Å². The highest BCUT2D eigenvalue weighted by atomic mass is 79.9. The van der Waals surface area contributed by atoms with Gasteiger partial charge in [0.05, 0.1) is 5.60 Å². The van der Waals surface area contributed by atoms with Gasteiger partial charge in [0.15, 0.2) is 10.1 Å². The fourth-order valence-corrected chi connectivity index (χ4v) is 2.41.